The molecule has 7 nitrogen and oxygen atoms in total. The van der Waals surface area contributed by atoms with E-state index in [1.165, 1.54) is 19.1 Å². The van der Waals surface area contributed by atoms with Crippen molar-refractivity contribution >= 4 is 34.8 Å². The van der Waals surface area contributed by atoms with Gasteiger partial charge in [0, 0.05) is 22.8 Å². The minimum Gasteiger partial charge on any atom is -0.493 e. The van der Waals surface area contributed by atoms with Crippen LogP contribution in [0.15, 0.2) is 36.4 Å². The molecular weight excluding hydrogens is 360 g/mol. The molecule has 136 valence electrons. The van der Waals surface area contributed by atoms with Crippen molar-refractivity contribution in [3.8, 4) is 17.2 Å². The molecule has 2 aromatic rings. The molecule has 0 spiro atoms. The van der Waals surface area contributed by atoms with Crippen LogP contribution in [0.3, 0.4) is 0 Å². The van der Waals surface area contributed by atoms with Gasteiger partial charge in [0.15, 0.2) is 18.1 Å². The van der Waals surface area contributed by atoms with Crippen LogP contribution in [0.1, 0.15) is 0 Å². The molecule has 1 aliphatic heterocycles. The average Bonchev–Trinajstić information content (AvgIpc) is 2.64. The number of methoxy groups -OCH3 is 2. The van der Waals surface area contributed by atoms with Gasteiger partial charge in [0.25, 0.3) is 5.91 Å². The third-order valence-corrected chi connectivity index (χ3v) is 4.07. The van der Waals surface area contributed by atoms with Crippen LogP contribution in [0.2, 0.25) is 5.02 Å². The molecule has 0 bridgehead atoms. The van der Waals surface area contributed by atoms with E-state index < -0.39 is 0 Å². The molecule has 0 radical (unpaired) electrons. The Morgan fingerprint density at radius 2 is 1.96 bits per heavy atom. The van der Waals surface area contributed by atoms with Crippen LogP contribution in [0, 0.1) is 0 Å². The van der Waals surface area contributed by atoms with E-state index >= 15 is 0 Å². The van der Waals surface area contributed by atoms with Crippen LogP contribution >= 0.6 is 11.6 Å². The average molecular weight is 377 g/mol. The zero-order valence-electron chi connectivity index (χ0n) is 14.2. The summed E-state index contributed by atoms with van der Waals surface area (Å²) in [5, 5.41) is 3.24. The second kappa shape index (κ2) is 7.53. The molecule has 0 fully saturated rings. The zero-order valence-corrected chi connectivity index (χ0v) is 15.0. The molecule has 0 aliphatic carbocycles. The number of rotatable bonds is 5. The predicted molar refractivity (Wildman–Crippen MR) is 97.5 cm³/mol. The Balaban J connectivity index is 1.75. The fourth-order valence-corrected chi connectivity index (χ4v) is 2.77. The van der Waals surface area contributed by atoms with Gasteiger partial charge in [-0.15, -0.1) is 0 Å². The molecule has 1 heterocycles. The van der Waals surface area contributed by atoms with Crippen LogP contribution in [0.25, 0.3) is 0 Å². The summed E-state index contributed by atoms with van der Waals surface area (Å²) >= 11 is 5.94. The van der Waals surface area contributed by atoms with Crippen molar-refractivity contribution in [2.75, 3.05) is 37.6 Å². The number of hydrogen-bond acceptors (Lipinski definition) is 5. The van der Waals surface area contributed by atoms with Gasteiger partial charge in [0.1, 0.15) is 12.3 Å². The molecule has 2 amide bonds. The molecule has 2 aromatic carbocycles. The lowest BCUT2D eigenvalue weighted by atomic mass is 10.2. The summed E-state index contributed by atoms with van der Waals surface area (Å²) in [5.74, 6) is 0.860. The third kappa shape index (κ3) is 3.67. The second-order valence-corrected chi connectivity index (χ2v) is 5.93. The van der Waals surface area contributed by atoms with Gasteiger partial charge in [0.2, 0.25) is 5.91 Å². The lowest BCUT2D eigenvalue weighted by Gasteiger charge is -2.29. The largest absolute Gasteiger partial charge is 0.493 e. The summed E-state index contributed by atoms with van der Waals surface area (Å²) in [5.41, 5.74) is 1.04. The summed E-state index contributed by atoms with van der Waals surface area (Å²) in [6.45, 7) is -0.290. The highest BCUT2D eigenvalue weighted by molar-refractivity contribution is 6.31. The highest BCUT2D eigenvalue weighted by atomic mass is 35.5. The number of amides is 2. The second-order valence-electron chi connectivity index (χ2n) is 5.50. The van der Waals surface area contributed by atoms with Crippen LogP contribution in [-0.4, -0.2) is 39.2 Å². The van der Waals surface area contributed by atoms with Crippen molar-refractivity contribution in [2.45, 2.75) is 0 Å². The minimum absolute atomic E-state index is 0.142. The Morgan fingerprint density at radius 1 is 1.19 bits per heavy atom. The lowest BCUT2D eigenvalue weighted by Crippen LogP contribution is -2.43. The fourth-order valence-electron chi connectivity index (χ4n) is 2.61. The van der Waals surface area contributed by atoms with E-state index in [0.717, 1.165) is 0 Å². The molecule has 0 aromatic heterocycles. The SMILES string of the molecule is COc1ccc(NC(=O)CN2C(=O)COc3cc(Cl)ccc32)cc1OC. The molecule has 0 saturated heterocycles. The number of nitrogens with one attached hydrogen (secondary N) is 1. The fraction of sp³-hybridized carbons (Fsp3) is 0.222. The van der Waals surface area contributed by atoms with Crippen molar-refractivity contribution in [3.63, 3.8) is 0 Å². The molecule has 8 heteroatoms. The normalized spacial score (nSPS) is 12.9. The number of benzene rings is 2. The zero-order chi connectivity index (χ0) is 18.7. The first-order chi connectivity index (χ1) is 12.5. The molecule has 0 saturated carbocycles. The molecule has 3 rings (SSSR count). The van der Waals surface area contributed by atoms with Crippen molar-refractivity contribution in [1.82, 2.24) is 0 Å². The Morgan fingerprint density at radius 3 is 2.69 bits per heavy atom. The molecule has 26 heavy (non-hydrogen) atoms. The highest BCUT2D eigenvalue weighted by Crippen LogP contribution is 2.34. The number of nitrogens with zero attached hydrogens (tertiary/aromatic N) is 1. The molecule has 0 unspecified atom stereocenters. The predicted octanol–water partition coefficient (Wildman–Crippen LogP) is 2.72. The lowest BCUT2D eigenvalue weighted by molar-refractivity contribution is -0.123. The molecule has 0 atom stereocenters. The monoisotopic (exact) mass is 376 g/mol. The van der Waals surface area contributed by atoms with Gasteiger partial charge in [-0.25, -0.2) is 0 Å². The maximum absolute atomic E-state index is 12.4. The van der Waals surface area contributed by atoms with Crippen molar-refractivity contribution in [2.24, 2.45) is 0 Å². The maximum atomic E-state index is 12.4. The highest BCUT2D eigenvalue weighted by Gasteiger charge is 2.27. The van der Waals surface area contributed by atoms with Crippen LogP contribution in [0.5, 0.6) is 17.2 Å². The molecule has 1 N–H and O–H groups in total. The van der Waals surface area contributed by atoms with E-state index in [4.69, 9.17) is 25.8 Å². The van der Waals surface area contributed by atoms with Gasteiger partial charge in [-0.1, -0.05) is 11.6 Å². The quantitative estimate of drug-likeness (QED) is 0.868. The number of ether oxygens (including phenoxy) is 3. The van der Waals surface area contributed by atoms with Crippen LogP contribution < -0.4 is 24.4 Å². The Hall–Kier alpha value is -2.93. The number of hydrogen-bond donors (Lipinski definition) is 1. The van der Waals surface area contributed by atoms with E-state index in [0.29, 0.717) is 33.6 Å². The van der Waals surface area contributed by atoms with Gasteiger partial charge in [-0.2, -0.15) is 0 Å². The smallest absolute Gasteiger partial charge is 0.265 e. The van der Waals surface area contributed by atoms with Gasteiger partial charge >= 0.3 is 0 Å². The van der Waals surface area contributed by atoms with Gasteiger partial charge in [-0.3, -0.25) is 14.5 Å². The van der Waals surface area contributed by atoms with E-state index in [9.17, 15) is 9.59 Å². The topological polar surface area (TPSA) is 77.1 Å². The first-order valence-electron chi connectivity index (χ1n) is 7.76. The number of carbonyl (C=O) groups excluding carboxylic acids is 2. The number of carbonyl (C=O) groups is 2. The number of fused-ring (bicyclic) bond motifs is 1. The standard InChI is InChI=1S/C18H17ClN2O5/c1-24-14-6-4-12(8-16(14)25-2)20-17(22)9-21-13-5-3-11(19)7-15(13)26-10-18(21)23/h3-8H,9-10H2,1-2H3,(H,20,22). The van der Waals surface area contributed by atoms with Crippen LogP contribution in [-0.2, 0) is 9.59 Å². The van der Waals surface area contributed by atoms with E-state index in [1.54, 1.807) is 36.4 Å². The maximum Gasteiger partial charge on any atom is 0.265 e. The van der Waals surface area contributed by atoms with E-state index in [1.807, 2.05) is 0 Å². The Kier molecular flexibility index (Phi) is 5.18. The van der Waals surface area contributed by atoms with Crippen molar-refractivity contribution < 1.29 is 23.8 Å². The summed E-state index contributed by atoms with van der Waals surface area (Å²) in [7, 11) is 3.04. The first kappa shape index (κ1) is 17.9. The van der Waals surface area contributed by atoms with Crippen LogP contribution in [0.4, 0.5) is 11.4 Å². The summed E-state index contributed by atoms with van der Waals surface area (Å²) in [4.78, 5) is 25.9. The minimum atomic E-state index is -0.353. The summed E-state index contributed by atoms with van der Waals surface area (Å²) < 4.78 is 15.7. The number of anilines is 2. The Labute approximate surface area is 155 Å². The molecule has 1 aliphatic rings. The van der Waals surface area contributed by atoms with Gasteiger partial charge < -0.3 is 19.5 Å². The Bertz CT molecular complexity index is 855. The summed E-state index contributed by atoms with van der Waals surface area (Å²) in [6.07, 6.45) is 0. The van der Waals surface area contributed by atoms with Gasteiger partial charge in [-0.05, 0) is 24.3 Å². The van der Waals surface area contributed by atoms with E-state index in [-0.39, 0.29) is 25.0 Å². The summed E-state index contributed by atoms with van der Waals surface area (Å²) in [6, 6.07) is 9.92. The third-order valence-electron chi connectivity index (χ3n) is 3.83. The van der Waals surface area contributed by atoms with Crippen molar-refractivity contribution in [1.29, 1.82) is 0 Å². The van der Waals surface area contributed by atoms with Gasteiger partial charge in [0.05, 0.1) is 19.9 Å². The van der Waals surface area contributed by atoms with E-state index in [2.05, 4.69) is 5.32 Å². The van der Waals surface area contributed by atoms with Crippen molar-refractivity contribution in [3.05, 3.63) is 41.4 Å². The molecular formula is C18H17ClN2O5. The first-order valence-corrected chi connectivity index (χ1v) is 8.14. The number of halogens is 1.